The Morgan fingerprint density at radius 3 is 2.68 bits per heavy atom. The normalized spacial score (nSPS) is 11.1. The maximum absolute atomic E-state index is 12.3. The largest absolute Gasteiger partial charge is 0.461 e. The number of aromatic nitrogens is 3. The number of hydrogen-bond donors (Lipinski definition) is 0. The van der Waals surface area contributed by atoms with Crippen LogP contribution >= 0.6 is 0 Å². The molecule has 0 aliphatic heterocycles. The lowest BCUT2D eigenvalue weighted by Crippen LogP contribution is -2.08. The van der Waals surface area contributed by atoms with E-state index in [9.17, 15) is 4.79 Å². The molecule has 3 heterocycles. The predicted octanol–water partition coefficient (Wildman–Crippen LogP) is 3.97. The summed E-state index contributed by atoms with van der Waals surface area (Å²) in [5.74, 6) is -0.422. The summed E-state index contributed by atoms with van der Waals surface area (Å²) in [6.07, 6.45) is 1.72. The molecular weight excluding hydrogens is 314 g/mol. The fourth-order valence-electron chi connectivity index (χ4n) is 3.19. The number of benzene rings is 1. The Balaban J connectivity index is 2.12. The van der Waals surface area contributed by atoms with E-state index < -0.39 is 5.97 Å². The molecule has 0 saturated carbocycles. The molecule has 0 atom stereocenters. The number of nitrogens with zero attached hydrogens (tertiary/aromatic N) is 3. The Kier molecular flexibility index (Phi) is 3.69. The first-order chi connectivity index (χ1) is 12.2. The Morgan fingerprint density at radius 1 is 1.12 bits per heavy atom. The lowest BCUT2D eigenvalue weighted by atomic mass is 10.1. The number of para-hydroxylation sites is 1. The van der Waals surface area contributed by atoms with Crippen LogP contribution in [0.2, 0.25) is 0 Å². The molecule has 0 bridgehead atoms. The Bertz CT molecular complexity index is 1080. The van der Waals surface area contributed by atoms with Gasteiger partial charge in [0.25, 0.3) is 0 Å². The fraction of sp³-hybridized carbons (Fsp3) is 0.150. The zero-order valence-corrected chi connectivity index (χ0v) is 14.1. The van der Waals surface area contributed by atoms with Crippen molar-refractivity contribution in [2.45, 2.75) is 6.92 Å². The third-order valence-corrected chi connectivity index (χ3v) is 4.28. The van der Waals surface area contributed by atoms with Crippen molar-refractivity contribution in [1.82, 2.24) is 14.5 Å². The van der Waals surface area contributed by atoms with Crippen molar-refractivity contribution >= 4 is 27.8 Å². The van der Waals surface area contributed by atoms with Gasteiger partial charge >= 0.3 is 5.97 Å². The van der Waals surface area contributed by atoms with Crippen LogP contribution < -0.4 is 0 Å². The minimum absolute atomic E-state index is 0.298. The standard InChI is InChI=1S/C20H17N3O2/c1-3-25-20(24)16-12-14-13-8-4-5-10-17(13)23(2)19(14)18(22-16)15-9-6-7-11-21-15/h4-12H,3H2,1-2H3. The molecule has 0 unspecified atom stereocenters. The highest BCUT2D eigenvalue weighted by molar-refractivity contribution is 6.13. The van der Waals surface area contributed by atoms with Crippen LogP contribution in [0.5, 0.6) is 0 Å². The molecule has 124 valence electrons. The molecule has 0 saturated heterocycles. The van der Waals surface area contributed by atoms with Crippen LogP contribution in [0.3, 0.4) is 0 Å². The summed E-state index contributed by atoms with van der Waals surface area (Å²) in [7, 11) is 2.00. The van der Waals surface area contributed by atoms with E-state index in [-0.39, 0.29) is 0 Å². The van der Waals surface area contributed by atoms with Crippen LogP contribution in [0.25, 0.3) is 33.2 Å². The Morgan fingerprint density at radius 2 is 1.92 bits per heavy atom. The number of rotatable bonds is 3. The van der Waals surface area contributed by atoms with Crippen molar-refractivity contribution < 1.29 is 9.53 Å². The molecule has 0 aliphatic rings. The summed E-state index contributed by atoms with van der Waals surface area (Å²) in [5.41, 5.74) is 3.74. The second-order valence-corrected chi connectivity index (χ2v) is 5.76. The lowest BCUT2D eigenvalue weighted by molar-refractivity contribution is 0.0520. The molecule has 0 fully saturated rings. The SMILES string of the molecule is CCOC(=O)c1cc2c3ccccc3n(C)c2c(-c2ccccn2)n1. The number of pyridine rings is 2. The summed E-state index contributed by atoms with van der Waals surface area (Å²) in [6.45, 7) is 2.10. The topological polar surface area (TPSA) is 57.0 Å². The van der Waals surface area contributed by atoms with Crippen molar-refractivity contribution in [3.8, 4) is 11.4 Å². The van der Waals surface area contributed by atoms with Gasteiger partial charge in [-0.3, -0.25) is 4.98 Å². The first kappa shape index (κ1) is 15.3. The highest BCUT2D eigenvalue weighted by Crippen LogP contribution is 2.34. The molecule has 4 aromatic rings. The summed E-state index contributed by atoms with van der Waals surface area (Å²) >= 11 is 0. The smallest absolute Gasteiger partial charge is 0.356 e. The lowest BCUT2D eigenvalue weighted by Gasteiger charge is -2.08. The molecule has 0 amide bonds. The van der Waals surface area contributed by atoms with Gasteiger partial charge in [-0.05, 0) is 31.2 Å². The molecule has 4 rings (SSSR count). The van der Waals surface area contributed by atoms with E-state index in [1.165, 1.54) is 0 Å². The maximum Gasteiger partial charge on any atom is 0.356 e. The highest BCUT2D eigenvalue weighted by atomic mass is 16.5. The minimum Gasteiger partial charge on any atom is -0.461 e. The van der Waals surface area contributed by atoms with Crippen LogP contribution in [-0.4, -0.2) is 27.1 Å². The van der Waals surface area contributed by atoms with E-state index in [1.807, 2.05) is 43.4 Å². The van der Waals surface area contributed by atoms with Crippen LogP contribution in [0.15, 0.2) is 54.7 Å². The number of esters is 1. The first-order valence-electron chi connectivity index (χ1n) is 8.17. The Hall–Kier alpha value is -3.21. The minimum atomic E-state index is -0.422. The molecule has 0 spiro atoms. The van der Waals surface area contributed by atoms with Crippen molar-refractivity contribution in [2.75, 3.05) is 6.61 Å². The van der Waals surface area contributed by atoms with Gasteiger partial charge in [0.05, 0.1) is 17.8 Å². The van der Waals surface area contributed by atoms with Crippen LogP contribution in [0.4, 0.5) is 0 Å². The number of ether oxygens (including phenoxy) is 1. The van der Waals surface area contributed by atoms with Gasteiger partial charge in [-0.2, -0.15) is 0 Å². The second kappa shape index (κ2) is 6.02. The third-order valence-electron chi connectivity index (χ3n) is 4.28. The zero-order valence-electron chi connectivity index (χ0n) is 14.1. The molecule has 3 aromatic heterocycles. The molecule has 0 aliphatic carbocycles. The highest BCUT2D eigenvalue weighted by Gasteiger charge is 2.19. The average molecular weight is 331 g/mol. The number of fused-ring (bicyclic) bond motifs is 3. The summed E-state index contributed by atoms with van der Waals surface area (Å²) in [5, 5.41) is 2.04. The van der Waals surface area contributed by atoms with Crippen LogP contribution in [0, 0.1) is 0 Å². The van der Waals surface area contributed by atoms with E-state index in [4.69, 9.17) is 4.74 Å². The number of carbonyl (C=O) groups excluding carboxylic acids is 1. The number of hydrogen-bond acceptors (Lipinski definition) is 4. The van der Waals surface area contributed by atoms with Gasteiger partial charge in [0.2, 0.25) is 0 Å². The molecule has 0 radical (unpaired) electrons. The van der Waals surface area contributed by atoms with Gasteiger partial charge < -0.3 is 9.30 Å². The van der Waals surface area contributed by atoms with E-state index in [1.54, 1.807) is 13.1 Å². The van der Waals surface area contributed by atoms with Crippen molar-refractivity contribution in [3.05, 3.63) is 60.4 Å². The monoisotopic (exact) mass is 331 g/mol. The van der Waals surface area contributed by atoms with Crippen molar-refractivity contribution in [3.63, 3.8) is 0 Å². The maximum atomic E-state index is 12.3. The van der Waals surface area contributed by atoms with E-state index in [0.717, 1.165) is 27.5 Å². The van der Waals surface area contributed by atoms with Crippen molar-refractivity contribution in [1.29, 1.82) is 0 Å². The van der Waals surface area contributed by atoms with Crippen LogP contribution in [0.1, 0.15) is 17.4 Å². The van der Waals surface area contributed by atoms with Crippen LogP contribution in [-0.2, 0) is 11.8 Å². The van der Waals surface area contributed by atoms with Gasteiger partial charge in [0.1, 0.15) is 11.4 Å². The molecule has 1 aromatic carbocycles. The quantitative estimate of drug-likeness (QED) is 0.533. The second-order valence-electron chi connectivity index (χ2n) is 5.76. The number of carbonyl (C=O) groups is 1. The van der Waals surface area contributed by atoms with Gasteiger partial charge in [-0.25, -0.2) is 9.78 Å². The van der Waals surface area contributed by atoms with E-state index >= 15 is 0 Å². The molecule has 25 heavy (non-hydrogen) atoms. The summed E-state index contributed by atoms with van der Waals surface area (Å²) in [4.78, 5) is 21.3. The summed E-state index contributed by atoms with van der Waals surface area (Å²) in [6, 6.07) is 15.6. The van der Waals surface area contributed by atoms with E-state index in [2.05, 4.69) is 26.7 Å². The van der Waals surface area contributed by atoms with Crippen molar-refractivity contribution in [2.24, 2.45) is 7.05 Å². The van der Waals surface area contributed by atoms with Gasteiger partial charge in [0.15, 0.2) is 0 Å². The zero-order chi connectivity index (χ0) is 17.4. The molecular formula is C20H17N3O2. The van der Waals surface area contributed by atoms with Gasteiger partial charge in [-0.15, -0.1) is 0 Å². The fourth-order valence-corrected chi connectivity index (χ4v) is 3.19. The molecule has 5 heteroatoms. The van der Waals surface area contributed by atoms with Gasteiger partial charge in [0, 0.05) is 29.5 Å². The Labute approximate surface area is 144 Å². The molecule has 0 N–H and O–H groups in total. The van der Waals surface area contributed by atoms with Gasteiger partial charge in [-0.1, -0.05) is 24.3 Å². The van der Waals surface area contributed by atoms with E-state index in [0.29, 0.717) is 18.0 Å². The first-order valence-corrected chi connectivity index (χ1v) is 8.17. The third kappa shape index (κ3) is 2.45. The summed E-state index contributed by atoms with van der Waals surface area (Å²) < 4.78 is 7.25. The predicted molar refractivity (Wildman–Crippen MR) is 97.4 cm³/mol. The number of aryl methyl sites for hydroxylation is 1. The molecule has 5 nitrogen and oxygen atoms in total. The average Bonchev–Trinajstić information content (AvgIpc) is 2.95.